The average molecular weight is 157 g/mol. The molecule has 4 N–H and O–H groups in total. The third kappa shape index (κ3) is 2.05. The Morgan fingerprint density at radius 2 is 2.82 bits per heavy atom. The van der Waals surface area contributed by atoms with Crippen molar-refractivity contribution in [2.75, 3.05) is 0 Å². The Hall–Kier alpha value is -1.36. The van der Waals surface area contributed by atoms with Crippen molar-refractivity contribution in [3.63, 3.8) is 0 Å². The first-order valence-corrected chi connectivity index (χ1v) is 3.02. The van der Waals surface area contributed by atoms with E-state index in [9.17, 15) is 4.79 Å². The summed E-state index contributed by atoms with van der Waals surface area (Å²) in [5.41, 5.74) is 5.71. The van der Waals surface area contributed by atoms with Crippen molar-refractivity contribution in [1.29, 1.82) is 0 Å². The molecule has 5 heteroatoms. The Morgan fingerprint density at radius 3 is 3.27 bits per heavy atom. The molecule has 0 aliphatic carbocycles. The quantitative estimate of drug-likeness (QED) is 0.544. The van der Waals surface area contributed by atoms with E-state index < -0.39 is 12.0 Å². The first-order valence-electron chi connectivity index (χ1n) is 3.52. The van der Waals surface area contributed by atoms with Gasteiger partial charge >= 0.3 is 5.97 Å². The molecular weight excluding hydrogens is 146 g/mol. The standard InChI is InChI=1S/C6H9N3O2/c7-5(6(10)11)1-4-2-8-3-9-4/h2-3,5H,1,7H2,(H,8,9)(H,10,11)/t5-/m1/s1/i5T. The van der Waals surface area contributed by atoms with Crippen LogP contribution in [0.1, 0.15) is 7.06 Å². The highest BCUT2D eigenvalue weighted by Gasteiger charge is 2.11. The predicted molar refractivity (Wildman–Crippen MR) is 37.9 cm³/mol. The van der Waals surface area contributed by atoms with Crippen LogP contribution in [0, 0.1) is 0 Å². The zero-order valence-corrected chi connectivity index (χ0v) is 5.74. The van der Waals surface area contributed by atoms with Gasteiger partial charge in [-0.25, -0.2) is 4.98 Å². The largest absolute Gasteiger partial charge is 0.480 e. The number of H-pyrrole nitrogens is 1. The monoisotopic (exact) mass is 157 g/mol. The van der Waals surface area contributed by atoms with E-state index in [1.165, 1.54) is 12.5 Å². The first-order chi connectivity index (χ1) is 5.52. The molecule has 0 aliphatic rings. The number of aromatic amines is 1. The molecule has 1 aromatic rings. The molecule has 0 amide bonds. The summed E-state index contributed by atoms with van der Waals surface area (Å²) >= 11 is 0. The molecular formula is C6H9N3O2. The van der Waals surface area contributed by atoms with Gasteiger partial charge in [0.15, 0.2) is 0 Å². The van der Waals surface area contributed by atoms with Gasteiger partial charge in [-0.15, -0.1) is 0 Å². The van der Waals surface area contributed by atoms with Gasteiger partial charge in [-0.2, -0.15) is 0 Å². The van der Waals surface area contributed by atoms with Crippen LogP contribution in [0.5, 0.6) is 0 Å². The van der Waals surface area contributed by atoms with Crippen molar-refractivity contribution >= 4 is 5.97 Å². The van der Waals surface area contributed by atoms with Crippen LogP contribution in [0.3, 0.4) is 0 Å². The normalized spacial score (nSPS) is 17.0. The van der Waals surface area contributed by atoms with E-state index in [2.05, 4.69) is 9.97 Å². The van der Waals surface area contributed by atoms with Gasteiger partial charge in [0.25, 0.3) is 0 Å². The van der Waals surface area contributed by atoms with Crippen molar-refractivity contribution < 1.29 is 11.3 Å². The van der Waals surface area contributed by atoms with Crippen molar-refractivity contribution in [2.45, 2.75) is 12.4 Å². The second-order valence-electron chi connectivity index (χ2n) is 2.08. The summed E-state index contributed by atoms with van der Waals surface area (Å²) in [6.45, 7) is 0. The number of carbonyl (C=O) groups is 1. The van der Waals surface area contributed by atoms with Crippen LogP contribution in [-0.2, 0) is 11.2 Å². The van der Waals surface area contributed by atoms with Gasteiger partial charge in [0.2, 0.25) is 0 Å². The molecule has 0 fully saturated rings. The highest BCUT2D eigenvalue weighted by atomic mass is 16.4. The Bertz CT molecular complexity index is 270. The summed E-state index contributed by atoms with van der Waals surface area (Å²) in [6, 6.07) is -1.98. The lowest BCUT2D eigenvalue weighted by atomic mass is 10.2. The number of aliphatic carboxylic acids is 1. The molecule has 60 valence electrons. The smallest absolute Gasteiger partial charge is 0.320 e. The minimum atomic E-state index is -1.98. The number of carboxylic acids is 1. The van der Waals surface area contributed by atoms with Crippen molar-refractivity contribution in [3.05, 3.63) is 18.2 Å². The van der Waals surface area contributed by atoms with Crippen LogP contribution in [-0.4, -0.2) is 27.1 Å². The van der Waals surface area contributed by atoms with E-state index >= 15 is 0 Å². The van der Waals surface area contributed by atoms with Crippen molar-refractivity contribution in [1.82, 2.24) is 9.97 Å². The summed E-state index contributed by atoms with van der Waals surface area (Å²) in [5.74, 6) is -1.35. The van der Waals surface area contributed by atoms with Crippen LogP contribution in [0.4, 0.5) is 0 Å². The Balaban J connectivity index is 2.69. The summed E-state index contributed by atoms with van der Waals surface area (Å²) in [7, 11) is 0. The zero-order chi connectivity index (χ0) is 9.19. The fraction of sp³-hybridized carbons (Fsp3) is 0.333. The van der Waals surface area contributed by atoms with Crippen molar-refractivity contribution in [2.24, 2.45) is 5.73 Å². The fourth-order valence-electron chi connectivity index (χ4n) is 0.662. The average Bonchev–Trinajstić information content (AvgIpc) is 2.38. The van der Waals surface area contributed by atoms with Crippen LogP contribution in [0.15, 0.2) is 12.5 Å². The molecule has 0 bridgehead atoms. The Labute approximate surface area is 64.7 Å². The Kier molecular flexibility index (Phi) is 1.82. The number of carboxylic acid groups (broad SMARTS) is 1. The zero-order valence-electron chi connectivity index (χ0n) is 6.74. The van der Waals surface area contributed by atoms with Crippen LogP contribution >= 0.6 is 0 Å². The lowest BCUT2D eigenvalue weighted by Crippen LogP contribution is -2.32. The van der Waals surface area contributed by atoms with Gasteiger partial charge in [0, 0.05) is 18.3 Å². The van der Waals surface area contributed by atoms with Gasteiger partial charge in [0.1, 0.15) is 6.02 Å². The maximum absolute atomic E-state index is 10.4. The van der Waals surface area contributed by atoms with E-state index in [4.69, 9.17) is 12.2 Å². The lowest BCUT2D eigenvalue weighted by Gasteiger charge is -2.02. The second kappa shape index (κ2) is 3.16. The summed E-state index contributed by atoms with van der Waals surface area (Å²) < 4.78 is 7.19. The van der Waals surface area contributed by atoms with Crippen molar-refractivity contribution in [3.8, 4) is 0 Å². The van der Waals surface area contributed by atoms with E-state index in [1.54, 1.807) is 0 Å². The van der Waals surface area contributed by atoms with E-state index in [0.29, 0.717) is 5.69 Å². The van der Waals surface area contributed by atoms with Crippen LogP contribution in [0.2, 0.25) is 0 Å². The molecule has 11 heavy (non-hydrogen) atoms. The fourth-order valence-corrected chi connectivity index (χ4v) is 0.662. The molecule has 0 aliphatic heterocycles. The third-order valence-corrected chi connectivity index (χ3v) is 1.21. The Morgan fingerprint density at radius 1 is 2.09 bits per heavy atom. The maximum Gasteiger partial charge on any atom is 0.320 e. The van der Waals surface area contributed by atoms with Gasteiger partial charge in [-0.05, 0) is 0 Å². The molecule has 1 atom stereocenters. The number of rotatable bonds is 3. The highest BCUT2D eigenvalue weighted by molar-refractivity contribution is 5.73. The number of nitrogens with two attached hydrogens (primary N) is 1. The number of imidazole rings is 1. The van der Waals surface area contributed by atoms with Gasteiger partial charge < -0.3 is 15.8 Å². The van der Waals surface area contributed by atoms with E-state index in [1.807, 2.05) is 0 Å². The summed E-state index contributed by atoms with van der Waals surface area (Å²) in [6.07, 6.45) is 2.77. The predicted octanol–water partition coefficient (Wildman–Crippen LogP) is -0.636. The second-order valence-corrected chi connectivity index (χ2v) is 2.08. The topological polar surface area (TPSA) is 92.0 Å². The molecule has 1 aromatic heterocycles. The highest BCUT2D eigenvalue weighted by Crippen LogP contribution is 1.95. The molecule has 0 unspecified atom stereocenters. The number of nitrogens with zero attached hydrogens (tertiary/aromatic N) is 1. The molecule has 0 saturated heterocycles. The molecule has 0 saturated carbocycles. The van der Waals surface area contributed by atoms with Gasteiger partial charge in [-0.1, -0.05) is 0 Å². The molecule has 1 heterocycles. The molecule has 5 nitrogen and oxygen atoms in total. The third-order valence-electron chi connectivity index (χ3n) is 1.21. The number of hydrogen-bond acceptors (Lipinski definition) is 3. The summed E-state index contributed by atoms with van der Waals surface area (Å²) in [4.78, 5) is 16.8. The minimum Gasteiger partial charge on any atom is -0.480 e. The summed E-state index contributed by atoms with van der Waals surface area (Å²) in [5, 5.41) is 8.49. The number of nitrogens with one attached hydrogen (secondary N) is 1. The SMILES string of the molecule is [3H][C@@](N)(Cc1cnc[nH]1)C(=O)O. The maximum atomic E-state index is 10.4. The van der Waals surface area contributed by atoms with Gasteiger partial charge in [-0.3, -0.25) is 4.79 Å². The molecule has 0 spiro atoms. The number of aromatic nitrogens is 2. The molecule has 0 radical (unpaired) electrons. The molecule has 0 aromatic carbocycles. The lowest BCUT2D eigenvalue weighted by molar-refractivity contribution is -0.138. The van der Waals surface area contributed by atoms with Crippen LogP contribution in [0.25, 0.3) is 0 Å². The minimum absolute atomic E-state index is 0.0810. The molecule has 1 rings (SSSR count). The van der Waals surface area contributed by atoms with Gasteiger partial charge in [0.05, 0.1) is 7.70 Å². The number of hydrogen-bond donors (Lipinski definition) is 3. The van der Waals surface area contributed by atoms with E-state index in [-0.39, 0.29) is 6.42 Å². The van der Waals surface area contributed by atoms with Crippen LogP contribution < -0.4 is 5.73 Å². The van der Waals surface area contributed by atoms with E-state index in [0.717, 1.165) is 0 Å². The first kappa shape index (κ1) is 6.36.